The van der Waals surface area contributed by atoms with Crippen molar-refractivity contribution in [2.24, 2.45) is 0 Å². The van der Waals surface area contributed by atoms with Gasteiger partial charge in [-0.1, -0.05) is 6.07 Å². The van der Waals surface area contributed by atoms with Crippen LogP contribution in [0.5, 0.6) is 0 Å². The van der Waals surface area contributed by atoms with Crippen LogP contribution in [-0.4, -0.2) is 39.1 Å². The minimum absolute atomic E-state index is 0.147. The van der Waals surface area contributed by atoms with Gasteiger partial charge >= 0.3 is 5.97 Å². The van der Waals surface area contributed by atoms with Crippen LogP contribution >= 0.6 is 11.8 Å². The summed E-state index contributed by atoms with van der Waals surface area (Å²) in [7, 11) is 0. The predicted octanol–water partition coefficient (Wildman–Crippen LogP) is 2.01. The number of hydrogen-bond donors (Lipinski definition) is 1. The Kier molecular flexibility index (Phi) is 4.13. The molecule has 6 heteroatoms. The highest BCUT2D eigenvalue weighted by Gasteiger charge is 2.40. The number of imide groups is 1. The second kappa shape index (κ2) is 5.66. The molecule has 0 bridgehead atoms. The molecule has 0 radical (unpaired) electrons. The average Bonchev–Trinajstić information content (AvgIpc) is 2.64. The molecular weight excluding hydrogens is 278 g/mol. The molecule has 1 unspecified atom stereocenters. The van der Waals surface area contributed by atoms with E-state index < -0.39 is 11.2 Å². The first-order valence-corrected chi connectivity index (χ1v) is 7.14. The van der Waals surface area contributed by atoms with Crippen molar-refractivity contribution in [3.8, 4) is 0 Å². The number of rotatable bonds is 4. The zero-order valence-electron chi connectivity index (χ0n) is 11.2. The molecule has 0 saturated carbocycles. The molecule has 2 amide bonds. The zero-order chi connectivity index (χ0) is 14.9. The Labute approximate surface area is 121 Å². The summed E-state index contributed by atoms with van der Waals surface area (Å²) in [4.78, 5) is 36.8. The van der Waals surface area contributed by atoms with Crippen molar-refractivity contribution in [3.05, 3.63) is 29.8 Å². The second-order valence-corrected chi connectivity index (χ2v) is 6.12. The topological polar surface area (TPSA) is 74.7 Å². The zero-order valence-corrected chi connectivity index (χ0v) is 12.0. The molecule has 0 aromatic heterocycles. The summed E-state index contributed by atoms with van der Waals surface area (Å²) in [5, 5.41) is 8.48. The van der Waals surface area contributed by atoms with Gasteiger partial charge in [0.15, 0.2) is 0 Å². The van der Waals surface area contributed by atoms with E-state index in [1.54, 1.807) is 26.0 Å². The number of benzene rings is 1. The quantitative estimate of drug-likeness (QED) is 0.860. The molecule has 2 rings (SSSR count). The van der Waals surface area contributed by atoms with Gasteiger partial charge in [0.1, 0.15) is 0 Å². The van der Waals surface area contributed by atoms with Crippen LogP contribution < -0.4 is 0 Å². The maximum atomic E-state index is 12.1. The van der Waals surface area contributed by atoms with E-state index in [0.29, 0.717) is 4.90 Å². The first kappa shape index (κ1) is 14.6. The average molecular weight is 293 g/mol. The predicted molar refractivity (Wildman–Crippen MR) is 74.7 cm³/mol. The lowest BCUT2D eigenvalue weighted by molar-refractivity contribution is -0.140. The van der Waals surface area contributed by atoms with Crippen LogP contribution in [-0.2, 0) is 9.59 Å². The number of nitrogens with zero attached hydrogens (tertiary/aromatic N) is 1. The fourth-order valence-corrected chi connectivity index (χ4v) is 3.24. The van der Waals surface area contributed by atoms with Gasteiger partial charge in [0, 0.05) is 17.4 Å². The van der Waals surface area contributed by atoms with E-state index in [4.69, 9.17) is 5.11 Å². The molecule has 1 aliphatic heterocycles. The van der Waals surface area contributed by atoms with Crippen LogP contribution in [0.4, 0.5) is 0 Å². The molecule has 1 aromatic rings. The van der Waals surface area contributed by atoms with E-state index in [1.807, 2.05) is 0 Å². The van der Waals surface area contributed by atoms with Crippen molar-refractivity contribution < 1.29 is 19.5 Å². The van der Waals surface area contributed by atoms with Crippen molar-refractivity contribution in [2.75, 3.05) is 0 Å². The molecule has 1 fully saturated rings. The Balaban J connectivity index is 2.15. The van der Waals surface area contributed by atoms with Gasteiger partial charge in [0.25, 0.3) is 0 Å². The molecule has 5 nitrogen and oxygen atoms in total. The van der Waals surface area contributed by atoms with Gasteiger partial charge in [-0.05, 0) is 32.0 Å². The van der Waals surface area contributed by atoms with Crippen LogP contribution in [0.1, 0.15) is 30.6 Å². The second-order valence-electron chi connectivity index (χ2n) is 4.84. The molecule has 1 heterocycles. The number of aromatic carboxylic acids is 1. The van der Waals surface area contributed by atoms with Gasteiger partial charge in [-0.3, -0.25) is 14.5 Å². The van der Waals surface area contributed by atoms with Crippen molar-refractivity contribution in [1.29, 1.82) is 0 Å². The number of thioether (sulfide) groups is 1. The van der Waals surface area contributed by atoms with Crippen molar-refractivity contribution in [1.82, 2.24) is 4.90 Å². The first-order valence-electron chi connectivity index (χ1n) is 6.26. The highest BCUT2D eigenvalue weighted by atomic mass is 32.2. The number of carboxylic acid groups (broad SMARTS) is 1. The number of carbonyl (C=O) groups is 3. The summed E-state index contributed by atoms with van der Waals surface area (Å²) in [6.07, 6.45) is 0.166. The van der Waals surface area contributed by atoms with E-state index in [1.165, 1.54) is 28.8 Å². The Morgan fingerprint density at radius 2 is 2.10 bits per heavy atom. The van der Waals surface area contributed by atoms with Crippen molar-refractivity contribution in [3.63, 3.8) is 0 Å². The monoisotopic (exact) mass is 293 g/mol. The Morgan fingerprint density at radius 1 is 1.40 bits per heavy atom. The number of likely N-dealkylation sites (tertiary alicyclic amines) is 1. The molecule has 1 N–H and O–H groups in total. The lowest BCUT2D eigenvalue weighted by atomic mass is 10.2. The molecular formula is C14H15NO4S. The normalized spacial score (nSPS) is 18.9. The molecule has 1 aromatic carbocycles. The molecule has 20 heavy (non-hydrogen) atoms. The summed E-state index contributed by atoms with van der Waals surface area (Å²) >= 11 is 1.24. The van der Waals surface area contributed by atoms with Gasteiger partial charge in [0.2, 0.25) is 11.8 Å². The van der Waals surface area contributed by atoms with Crippen molar-refractivity contribution in [2.45, 2.75) is 36.5 Å². The van der Waals surface area contributed by atoms with Crippen LogP contribution in [0.2, 0.25) is 0 Å². The highest BCUT2D eigenvalue weighted by Crippen LogP contribution is 2.32. The maximum Gasteiger partial charge on any atom is 0.335 e. The largest absolute Gasteiger partial charge is 0.478 e. The molecule has 1 aliphatic rings. The van der Waals surface area contributed by atoms with Crippen LogP contribution in [0.25, 0.3) is 0 Å². The van der Waals surface area contributed by atoms with Gasteiger partial charge in [-0.15, -0.1) is 11.8 Å². The van der Waals surface area contributed by atoms with Crippen LogP contribution in [0.15, 0.2) is 29.2 Å². The third kappa shape index (κ3) is 2.85. The molecule has 1 saturated heterocycles. The standard InChI is InChI=1S/C14H15NO4S/c1-8(2)15-12(16)7-11(13(15)17)20-10-5-3-4-9(6-10)14(18)19/h3-6,8,11H,7H2,1-2H3,(H,18,19). The lowest BCUT2D eigenvalue weighted by Gasteiger charge is -2.18. The van der Waals surface area contributed by atoms with E-state index in [-0.39, 0.29) is 29.8 Å². The molecule has 1 atom stereocenters. The van der Waals surface area contributed by atoms with E-state index in [0.717, 1.165) is 0 Å². The van der Waals surface area contributed by atoms with Gasteiger partial charge < -0.3 is 5.11 Å². The Bertz CT molecular complexity index is 570. The summed E-state index contributed by atoms with van der Waals surface area (Å²) < 4.78 is 0. The lowest BCUT2D eigenvalue weighted by Crippen LogP contribution is -2.37. The summed E-state index contributed by atoms with van der Waals surface area (Å²) in [5.74, 6) is -1.38. The number of carboxylic acids is 1. The highest BCUT2D eigenvalue weighted by molar-refractivity contribution is 8.00. The minimum Gasteiger partial charge on any atom is -0.478 e. The van der Waals surface area contributed by atoms with Crippen LogP contribution in [0.3, 0.4) is 0 Å². The first-order chi connectivity index (χ1) is 9.40. The molecule has 0 spiro atoms. The summed E-state index contributed by atoms with van der Waals surface area (Å²) in [5.41, 5.74) is 0.174. The SMILES string of the molecule is CC(C)N1C(=O)CC(Sc2cccc(C(=O)O)c2)C1=O. The van der Waals surface area contributed by atoms with Crippen molar-refractivity contribution >= 4 is 29.5 Å². The third-order valence-corrected chi connectivity index (χ3v) is 4.20. The Morgan fingerprint density at radius 3 is 2.65 bits per heavy atom. The maximum absolute atomic E-state index is 12.1. The number of carbonyl (C=O) groups excluding carboxylic acids is 2. The fraction of sp³-hybridized carbons (Fsp3) is 0.357. The summed E-state index contributed by atoms with van der Waals surface area (Å²) in [6.45, 7) is 3.60. The summed E-state index contributed by atoms with van der Waals surface area (Å²) in [6, 6.07) is 6.24. The fourth-order valence-electron chi connectivity index (χ4n) is 2.12. The minimum atomic E-state index is -1.01. The van der Waals surface area contributed by atoms with Gasteiger partial charge in [-0.25, -0.2) is 4.79 Å². The van der Waals surface area contributed by atoms with E-state index in [9.17, 15) is 14.4 Å². The molecule has 0 aliphatic carbocycles. The van der Waals surface area contributed by atoms with E-state index in [2.05, 4.69) is 0 Å². The van der Waals surface area contributed by atoms with Gasteiger partial charge in [-0.2, -0.15) is 0 Å². The van der Waals surface area contributed by atoms with Crippen LogP contribution in [0, 0.1) is 0 Å². The van der Waals surface area contributed by atoms with Gasteiger partial charge in [0.05, 0.1) is 10.8 Å². The van der Waals surface area contributed by atoms with E-state index >= 15 is 0 Å². The number of hydrogen-bond acceptors (Lipinski definition) is 4. The third-order valence-electron chi connectivity index (χ3n) is 3.02. The molecule has 106 valence electrons. The smallest absolute Gasteiger partial charge is 0.335 e. The Hall–Kier alpha value is -1.82. The number of amides is 2.